The summed E-state index contributed by atoms with van der Waals surface area (Å²) in [7, 11) is 2.22. The normalized spacial score (nSPS) is 25.8. The van der Waals surface area contributed by atoms with Crippen LogP contribution in [-0.4, -0.2) is 175 Å². The molecule has 0 spiro atoms. The summed E-state index contributed by atoms with van der Waals surface area (Å²) in [4.78, 5) is 15.7. The van der Waals surface area contributed by atoms with Gasteiger partial charge in [-0.3, -0.25) is 0 Å². The second kappa shape index (κ2) is 18.3. The van der Waals surface area contributed by atoms with E-state index in [1.54, 1.807) is 0 Å². The second-order valence-corrected chi connectivity index (χ2v) is 17.0. The fourth-order valence-corrected chi connectivity index (χ4v) is 9.30. The van der Waals surface area contributed by atoms with Gasteiger partial charge in [-0.05, 0) is 13.0 Å². The summed E-state index contributed by atoms with van der Waals surface area (Å²) in [5.41, 5.74) is 0. The molecule has 4 heterocycles. The summed E-state index contributed by atoms with van der Waals surface area (Å²) in [5.74, 6) is 0.770. The van der Waals surface area contributed by atoms with Crippen molar-refractivity contribution >= 4 is 0 Å². The quantitative estimate of drug-likeness (QED) is 0.123. The Balaban J connectivity index is 0.967. The van der Waals surface area contributed by atoms with E-state index in [9.17, 15) is 0 Å². The van der Waals surface area contributed by atoms with Crippen molar-refractivity contribution in [3.63, 3.8) is 0 Å². The molecule has 0 aromatic carbocycles. The van der Waals surface area contributed by atoms with E-state index in [4.69, 9.17) is 9.47 Å². The van der Waals surface area contributed by atoms with E-state index in [0.717, 1.165) is 36.1 Å². The summed E-state index contributed by atoms with van der Waals surface area (Å²) in [6, 6.07) is 0. The minimum absolute atomic E-state index is 0.229. The predicted octanol–water partition coefficient (Wildman–Crippen LogP) is -1.10. The van der Waals surface area contributed by atoms with Gasteiger partial charge in [0.25, 0.3) is 0 Å². The summed E-state index contributed by atoms with van der Waals surface area (Å²) in [5, 5.41) is 0. The first-order valence-electron chi connectivity index (χ1n) is 16.5. The fraction of sp³-hybridized carbons (Fsp3) is 1.00. The number of ether oxygens (including phenoxy) is 2. The number of hydrogen-bond acceptors (Lipinski definition) is 8. The molecule has 0 amide bonds. The number of likely N-dealkylation sites (tertiary alicyclic amines) is 2. The van der Waals surface area contributed by atoms with Crippen molar-refractivity contribution in [2.24, 2.45) is 5.92 Å². The fourth-order valence-electron chi connectivity index (χ4n) is 6.55. The number of nitrogens with zero attached hydrogens (tertiary/aromatic N) is 6. The van der Waals surface area contributed by atoms with Crippen molar-refractivity contribution in [1.29, 1.82) is 0 Å². The molecule has 4 aliphatic rings. The Hall–Kier alpha value is 0.410. The molecule has 4 aliphatic heterocycles. The summed E-state index contributed by atoms with van der Waals surface area (Å²) in [6.45, 7) is 28.3. The monoisotopic (exact) mass is 677 g/mol. The Morgan fingerprint density at radius 3 is 1.52 bits per heavy atom. The standard InChI is InChI=1S/C31H62IN6O2/c1-28(2)25-36-9-5-30(6-10-36)40-24-22-35-17-19-38(20-18-35)27-32-29(3)26-37-11-7-31(8-12-37)39-23-21-34-15-13-33(4)14-16-34/h28-31H,5-27H2,1-4H3/q-1. The molecule has 0 radical (unpaired) electrons. The number of alkyl halides is 2. The maximum atomic E-state index is 6.28. The third kappa shape index (κ3) is 12.6. The Morgan fingerprint density at radius 2 is 1.02 bits per heavy atom. The predicted molar refractivity (Wildman–Crippen MR) is 162 cm³/mol. The zero-order chi connectivity index (χ0) is 28.2. The van der Waals surface area contributed by atoms with Gasteiger partial charge in [-0.1, -0.05) is 13.8 Å². The Bertz CT molecular complexity index is 658. The molecule has 1 atom stereocenters. The second-order valence-electron chi connectivity index (χ2n) is 13.3. The van der Waals surface area contributed by atoms with Gasteiger partial charge in [0.1, 0.15) is 0 Å². The van der Waals surface area contributed by atoms with Gasteiger partial charge in [0.05, 0.1) is 0 Å². The zero-order valence-corrected chi connectivity index (χ0v) is 28.6. The van der Waals surface area contributed by atoms with E-state index < -0.39 is 0 Å². The molecule has 0 saturated carbocycles. The molecular weight excluding hydrogens is 615 g/mol. The van der Waals surface area contributed by atoms with Crippen molar-refractivity contribution in [2.75, 3.05) is 130 Å². The number of likely N-dealkylation sites (N-methyl/N-ethyl adjacent to an activating group) is 1. The van der Waals surface area contributed by atoms with Crippen LogP contribution in [-0.2, 0) is 9.47 Å². The summed E-state index contributed by atoms with van der Waals surface area (Å²) < 4.78 is 14.8. The molecule has 0 aliphatic carbocycles. The van der Waals surface area contributed by atoms with Gasteiger partial charge in [-0.25, -0.2) is 0 Å². The third-order valence-corrected chi connectivity index (χ3v) is 12.5. The number of rotatable bonds is 15. The molecule has 0 aromatic rings. The van der Waals surface area contributed by atoms with Gasteiger partial charge < -0.3 is 4.90 Å². The minimum atomic E-state index is 0.229. The molecule has 9 heteroatoms. The average molecular weight is 678 g/mol. The van der Waals surface area contributed by atoms with Crippen LogP contribution in [0.25, 0.3) is 0 Å². The SMILES string of the molecule is CC(C)CN1CCC(OCCN2CCN(C[I-]C(C)CN3CCC(OCCN4CCN(C)CC4)CC3)CC2)CC1. The van der Waals surface area contributed by atoms with Crippen LogP contribution in [0.2, 0.25) is 0 Å². The van der Waals surface area contributed by atoms with Crippen LogP contribution in [0.3, 0.4) is 0 Å². The summed E-state index contributed by atoms with van der Waals surface area (Å²) >= 11 is 0.229. The van der Waals surface area contributed by atoms with E-state index in [0.29, 0.717) is 12.2 Å². The van der Waals surface area contributed by atoms with E-state index in [1.165, 1.54) is 122 Å². The first-order chi connectivity index (χ1) is 19.4. The summed E-state index contributed by atoms with van der Waals surface area (Å²) in [6.07, 6.45) is 5.84. The average Bonchev–Trinajstić information content (AvgIpc) is 2.95. The zero-order valence-electron chi connectivity index (χ0n) is 26.5. The van der Waals surface area contributed by atoms with E-state index >= 15 is 0 Å². The Kier molecular flexibility index (Phi) is 15.2. The van der Waals surface area contributed by atoms with Gasteiger partial charge >= 0.3 is 220 Å². The Labute approximate surface area is 257 Å². The molecule has 0 N–H and O–H groups in total. The van der Waals surface area contributed by atoms with E-state index in [2.05, 4.69) is 57.2 Å². The van der Waals surface area contributed by atoms with Crippen LogP contribution in [0.5, 0.6) is 0 Å². The molecule has 236 valence electrons. The molecule has 4 rings (SSSR count). The van der Waals surface area contributed by atoms with Gasteiger partial charge in [-0.15, -0.1) is 0 Å². The van der Waals surface area contributed by atoms with Crippen molar-refractivity contribution < 1.29 is 30.7 Å². The first kappa shape index (κ1) is 33.3. The number of hydrogen-bond donors (Lipinski definition) is 0. The number of halogens is 1. The van der Waals surface area contributed by atoms with Crippen LogP contribution in [0.15, 0.2) is 0 Å². The molecule has 0 aromatic heterocycles. The van der Waals surface area contributed by atoms with Crippen molar-refractivity contribution in [3.05, 3.63) is 0 Å². The Morgan fingerprint density at radius 1 is 0.575 bits per heavy atom. The van der Waals surface area contributed by atoms with Crippen LogP contribution in [0, 0.1) is 5.92 Å². The van der Waals surface area contributed by atoms with Crippen molar-refractivity contribution in [1.82, 2.24) is 29.4 Å². The molecule has 0 bridgehead atoms. The molecule has 40 heavy (non-hydrogen) atoms. The van der Waals surface area contributed by atoms with Crippen molar-refractivity contribution in [3.8, 4) is 0 Å². The van der Waals surface area contributed by atoms with E-state index in [-0.39, 0.29) is 21.2 Å². The van der Waals surface area contributed by atoms with Crippen LogP contribution in [0.1, 0.15) is 46.5 Å². The third-order valence-electron chi connectivity index (χ3n) is 9.29. The topological polar surface area (TPSA) is 37.9 Å². The van der Waals surface area contributed by atoms with Crippen LogP contribution in [0.4, 0.5) is 0 Å². The van der Waals surface area contributed by atoms with Gasteiger partial charge in [-0.2, -0.15) is 0 Å². The van der Waals surface area contributed by atoms with Gasteiger partial charge in [0, 0.05) is 6.54 Å². The van der Waals surface area contributed by atoms with Gasteiger partial charge in [0.2, 0.25) is 0 Å². The molecule has 1 unspecified atom stereocenters. The number of piperidine rings is 2. The van der Waals surface area contributed by atoms with Crippen LogP contribution >= 0.6 is 0 Å². The maximum absolute atomic E-state index is 6.28. The molecule has 4 saturated heterocycles. The van der Waals surface area contributed by atoms with E-state index in [1.807, 2.05) is 0 Å². The first-order valence-corrected chi connectivity index (χ1v) is 19.3. The molecule has 8 nitrogen and oxygen atoms in total. The van der Waals surface area contributed by atoms with Crippen LogP contribution < -0.4 is 21.2 Å². The van der Waals surface area contributed by atoms with Gasteiger partial charge in [0.15, 0.2) is 0 Å². The number of piperazine rings is 2. The molecular formula is C31H62IN6O2-. The van der Waals surface area contributed by atoms with Crippen molar-refractivity contribution in [2.45, 2.75) is 62.6 Å². The molecule has 4 fully saturated rings.